The predicted octanol–water partition coefficient (Wildman–Crippen LogP) is 0.467. The van der Waals surface area contributed by atoms with Crippen molar-refractivity contribution >= 4 is 11.9 Å². The van der Waals surface area contributed by atoms with Crippen molar-refractivity contribution in [1.82, 2.24) is 9.88 Å². The zero-order chi connectivity index (χ0) is 11.3. The molecule has 1 atom stereocenters. The molecule has 0 saturated heterocycles. The highest BCUT2D eigenvalue weighted by atomic mass is 16.4. The summed E-state index contributed by atoms with van der Waals surface area (Å²) in [4.78, 5) is 21.7. The number of rotatable bonds is 5. The molecule has 0 radical (unpaired) electrons. The molecule has 0 aliphatic rings. The smallest absolute Gasteiger partial charge is 0.325 e. The molecule has 1 unspecified atom stereocenters. The second kappa shape index (κ2) is 5.19. The lowest BCUT2D eigenvalue weighted by atomic mass is 10.3. The number of nitrogens with one attached hydrogen (secondary N) is 1. The van der Waals surface area contributed by atoms with Gasteiger partial charge in [0.05, 0.1) is 0 Å². The van der Waals surface area contributed by atoms with Crippen LogP contribution in [0.4, 0.5) is 0 Å². The first kappa shape index (κ1) is 11.3. The van der Waals surface area contributed by atoms with Gasteiger partial charge in [0.25, 0.3) is 0 Å². The summed E-state index contributed by atoms with van der Waals surface area (Å²) >= 11 is 0. The molecule has 0 spiro atoms. The first-order valence-corrected chi connectivity index (χ1v) is 4.72. The van der Waals surface area contributed by atoms with Gasteiger partial charge in [-0.05, 0) is 19.1 Å². The first-order chi connectivity index (χ1) is 7.09. The van der Waals surface area contributed by atoms with Crippen LogP contribution < -0.4 is 5.32 Å². The Morgan fingerprint density at radius 3 is 2.53 bits per heavy atom. The highest BCUT2D eigenvalue weighted by Crippen LogP contribution is 1.94. The van der Waals surface area contributed by atoms with Crippen molar-refractivity contribution < 1.29 is 14.7 Å². The normalized spacial score (nSPS) is 12.1. The molecule has 2 N–H and O–H groups in total. The molecule has 5 nitrogen and oxygen atoms in total. The van der Waals surface area contributed by atoms with E-state index in [0.29, 0.717) is 6.54 Å². The molecule has 1 aromatic rings. The van der Waals surface area contributed by atoms with Crippen molar-refractivity contribution in [2.24, 2.45) is 0 Å². The average molecular weight is 210 g/mol. The van der Waals surface area contributed by atoms with E-state index in [0.717, 1.165) is 0 Å². The van der Waals surface area contributed by atoms with Crippen molar-refractivity contribution in [1.29, 1.82) is 0 Å². The van der Waals surface area contributed by atoms with Crippen LogP contribution in [0.5, 0.6) is 0 Å². The Bertz CT molecular complexity index is 332. The fraction of sp³-hybridized carbons (Fsp3) is 0.400. The fourth-order valence-corrected chi connectivity index (χ4v) is 1.13. The molecule has 0 bridgehead atoms. The Kier molecular flexibility index (Phi) is 3.91. The van der Waals surface area contributed by atoms with Crippen LogP contribution >= 0.6 is 0 Å². The lowest BCUT2D eigenvalue weighted by Crippen LogP contribution is -2.38. The van der Waals surface area contributed by atoms with E-state index >= 15 is 0 Å². The number of carbonyl (C=O) groups is 2. The molecule has 0 aliphatic carbocycles. The van der Waals surface area contributed by atoms with Crippen molar-refractivity contribution in [3.05, 3.63) is 24.5 Å². The van der Waals surface area contributed by atoms with Gasteiger partial charge in [-0.25, -0.2) is 0 Å². The summed E-state index contributed by atoms with van der Waals surface area (Å²) in [7, 11) is 0. The Hall–Kier alpha value is -1.78. The summed E-state index contributed by atoms with van der Waals surface area (Å²) in [6, 6.07) is 2.91. The highest BCUT2D eigenvalue weighted by Gasteiger charge is 2.13. The number of aromatic nitrogens is 1. The Balaban J connectivity index is 2.28. The molecule has 0 fully saturated rings. The second-order valence-corrected chi connectivity index (χ2v) is 3.30. The Morgan fingerprint density at radius 1 is 1.40 bits per heavy atom. The van der Waals surface area contributed by atoms with E-state index in [9.17, 15) is 9.59 Å². The minimum absolute atomic E-state index is 0.251. The maximum absolute atomic E-state index is 11.3. The molecule has 5 heteroatoms. The maximum atomic E-state index is 11.3. The van der Waals surface area contributed by atoms with E-state index in [1.54, 1.807) is 0 Å². The zero-order valence-corrected chi connectivity index (χ0v) is 8.51. The molecule has 1 aromatic heterocycles. The minimum atomic E-state index is -1.02. The summed E-state index contributed by atoms with van der Waals surface area (Å²) < 4.78 is 1.87. The molecule has 15 heavy (non-hydrogen) atoms. The highest BCUT2D eigenvalue weighted by molar-refractivity contribution is 5.83. The number of hydrogen-bond acceptors (Lipinski definition) is 2. The van der Waals surface area contributed by atoms with Gasteiger partial charge >= 0.3 is 5.97 Å². The summed E-state index contributed by atoms with van der Waals surface area (Å²) in [5.41, 5.74) is 0. The topological polar surface area (TPSA) is 71.3 Å². The van der Waals surface area contributed by atoms with Crippen molar-refractivity contribution in [2.75, 3.05) is 0 Å². The molecule has 1 heterocycles. The number of hydrogen-bond donors (Lipinski definition) is 2. The molecule has 82 valence electrons. The van der Waals surface area contributed by atoms with Crippen LogP contribution in [0.1, 0.15) is 13.3 Å². The standard InChI is InChI=1S/C10H14N2O3/c1-8(10(14)15)11-9(13)4-7-12-5-2-3-6-12/h2-3,5-6,8H,4,7H2,1H3,(H,11,13)(H,14,15). The van der Waals surface area contributed by atoms with Gasteiger partial charge in [0, 0.05) is 25.4 Å². The lowest BCUT2D eigenvalue weighted by Gasteiger charge is -2.09. The van der Waals surface area contributed by atoms with Crippen LogP contribution in [0, 0.1) is 0 Å². The van der Waals surface area contributed by atoms with Crippen molar-refractivity contribution in [2.45, 2.75) is 25.9 Å². The fourth-order valence-electron chi connectivity index (χ4n) is 1.13. The molecule has 0 saturated carbocycles. The maximum Gasteiger partial charge on any atom is 0.325 e. The van der Waals surface area contributed by atoms with Crippen LogP contribution in [0.3, 0.4) is 0 Å². The Morgan fingerprint density at radius 2 is 2.00 bits per heavy atom. The minimum Gasteiger partial charge on any atom is -0.480 e. The third-order valence-corrected chi connectivity index (χ3v) is 2.01. The van der Waals surface area contributed by atoms with Gasteiger partial charge in [-0.15, -0.1) is 0 Å². The number of aryl methyl sites for hydroxylation is 1. The van der Waals surface area contributed by atoms with Crippen LogP contribution in [0.25, 0.3) is 0 Å². The van der Waals surface area contributed by atoms with E-state index in [4.69, 9.17) is 5.11 Å². The number of amides is 1. The van der Waals surface area contributed by atoms with Crippen LogP contribution in [-0.2, 0) is 16.1 Å². The summed E-state index contributed by atoms with van der Waals surface area (Å²) in [6.07, 6.45) is 3.99. The summed E-state index contributed by atoms with van der Waals surface area (Å²) in [6.45, 7) is 2.00. The Labute approximate surface area is 87.7 Å². The van der Waals surface area contributed by atoms with E-state index in [-0.39, 0.29) is 12.3 Å². The van der Waals surface area contributed by atoms with Gasteiger partial charge in [0.15, 0.2) is 0 Å². The summed E-state index contributed by atoms with van der Waals surface area (Å²) in [5.74, 6) is -1.28. The molecule has 0 aromatic carbocycles. The number of carboxylic acids is 1. The number of carbonyl (C=O) groups excluding carboxylic acids is 1. The van der Waals surface area contributed by atoms with E-state index in [1.165, 1.54) is 6.92 Å². The third-order valence-electron chi connectivity index (χ3n) is 2.01. The van der Waals surface area contributed by atoms with Crippen LogP contribution in [0.15, 0.2) is 24.5 Å². The molecular formula is C10H14N2O3. The largest absolute Gasteiger partial charge is 0.480 e. The quantitative estimate of drug-likeness (QED) is 0.742. The first-order valence-electron chi connectivity index (χ1n) is 4.72. The van der Waals surface area contributed by atoms with E-state index in [2.05, 4.69) is 5.32 Å². The van der Waals surface area contributed by atoms with Crippen molar-refractivity contribution in [3.8, 4) is 0 Å². The van der Waals surface area contributed by atoms with Gasteiger partial charge < -0.3 is 15.0 Å². The van der Waals surface area contributed by atoms with Gasteiger partial charge in [-0.1, -0.05) is 0 Å². The van der Waals surface area contributed by atoms with Crippen LogP contribution in [0.2, 0.25) is 0 Å². The average Bonchev–Trinajstić information content (AvgIpc) is 2.66. The number of aliphatic carboxylic acids is 1. The van der Waals surface area contributed by atoms with E-state index in [1.807, 2.05) is 29.1 Å². The van der Waals surface area contributed by atoms with Gasteiger partial charge in [0.1, 0.15) is 6.04 Å². The number of carboxylic acid groups (broad SMARTS) is 1. The third kappa shape index (κ3) is 3.84. The second-order valence-electron chi connectivity index (χ2n) is 3.30. The molecule has 1 rings (SSSR count). The molecule has 1 amide bonds. The van der Waals surface area contributed by atoms with Gasteiger partial charge in [0.2, 0.25) is 5.91 Å². The lowest BCUT2D eigenvalue weighted by molar-refractivity contribution is -0.141. The predicted molar refractivity (Wildman–Crippen MR) is 54.3 cm³/mol. The molecule has 0 aliphatic heterocycles. The monoisotopic (exact) mass is 210 g/mol. The van der Waals surface area contributed by atoms with Crippen LogP contribution in [-0.4, -0.2) is 27.6 Å². The van der Waals surface area contributed by atoms with Gasteiger partial charge in [-0.3, -0.25) is 9.59 Å². The van der Waals surface area contributed by atoms with Gasteiger partial charge in [-0.2, -0.15) is 0 Å². The van der Waals surface area contributed by atoms with Crippen molar-refractivity contribution in [3.63, 3.8) is 0 Å². The SMILES string of the molecule is CC(NC(=O)CCn1cccc1)C(=O)O. The number of nitrogens with zero attached hydrogens (tertiary/aromatic N) is 1. The molecular weight excluding hydrogens is 196 g/mol. The zero-order valence-electron chi connectivity index (χ0n) is 8.51. The van der Waals surface area contributed by atoms with E-state index < -0.39 is 12.0 Å². The summed E-state index contributed by atoms with van der Waals surface area (Å²) in [5, 5.41) is 11.0.